The highest BCUT2D eigenvalue weighted by Crippen LogP contribution is 2.38. The van der Waals surface area contributed by atoms with Gasteiger partial charge < -0.3 is 19.5 Å². The molecule has 0 saturated carbocycles. The first kappa shape index (κ1) is 22.9. The van der Waals surface area contributed by atoms with Crippen molar-refractivity contribution in [2.75, 3.05) is 31.5 Å². The van der Waals surface area contributed by atoms with Gasteiger partial charge in [-0.15, -0.1) is 0 Å². The van der Waals surface area contributed by atoms with Gasteiger partial charge in [-0.05, 0) is 60.9 Å². The van der Waals surface area contributed by atoms with Crippen molar-refractivity contribution in [3.8, 4) is 17.2 Å². The van der Waals surface area contributed by atoms with Crippen molar-refractivity contribution in [1.82, 2.24) is 0 Å². The van der Waals surface area contributed by atoms with Crippen molar-refractivity contribution in [2.45, 2.75) is 13.8 Å². The Morgan fingerprint density at radius 3 is 2.06 bits per heavy atom. The van der Waals surface area contributed by atoms with Crippen molar-refractivity contribution in [2.24, 2.45) is 0 Å². The number of aryl methyl sites for hydroxylation is 2. The van der Waals surface area contributed by atoms with Crippen molar-refractivity contribution in [3.05, 3.63) is 83.1 Å². The maximum atomic E-state index is 13.7. The Labute approximate surface area is 198 Å². The second-order valence-corrected chi connectivity index (χ2v) is 7.91. The Balaban J connectivity index is 1.87. The zero-order valence-electron chi connectivity index (χ0n) is 19.8. The van der Waals surface area contributed by atoms with Crippen LogP contribution in [0.15, 0.2) is 66.4 Å². The van der Waals surface area contributed by atoms with Gasteiger partial charge in [0, 0.05) is 6.07 Å². The third-order valence-electron chi connectivity index (χ3n) is 5.73. The van der Waals surface area contributed by atoms with Crippen LogP contribution in [0, 0.1) is 13.8 Å². The van der Waals surface area contributed by atoms with E-state index in [4.69, 9.17) is 14.2 Å². The normalized spacial score (nSPS) is 13.4. The van der Waals surface area contributed by atoms with Crippen LogP contribution in [0.3, 0.4) is 0 Å². The van der Waals surface area contributed by atoms with Crippen LogP contribution in [0.4, 0.5) is 11.4 Å². The van der Waals surface area contributed by atoms with E-state index in [0.717, 1.165) is 11.1 Å². The number of amides is 2. The second-order valence-electron chi connectivity index (χ2n) is 7.91. The smallest absolute Gasteiger partial charge is 0.282 e. The average molecular weight is 459 g/mol. The highest BCUT2D eigenvalue weighted by molar-refractivity contribution is 6.46. The molecule has 1 aliphatic heterocycles. The fourth-order valence-corrected chi connectivity index (χ4v) is 3.90. The number of carbonyl (C=O) groups is 2. The van der Waals surface area contributed by atoms with Crippen LogP contribution < -0.4 is 24.4 Å². The van der Waals surface area contributed by atoms with Crippen molar-refractivity contribution in [1.29, 1.82) is 0 Å². The van der Waals surface area contributed by atoms with Crippen molar-refractivity contribution < 1.29 is 23.8 Å². The van der Waals surface area contributed by atoms with E-state index in [1.807, 2.05) is 32.0 Å². The van der Waals surface area contributed by atoms with Gasteiger partial charge in [0.1, 0.15) is 22.9 Å². The van der Waals surface area contributed by atoms with E-state index >= 15 is 0 Å². The van der Waals surface area contributed by atoms with E-state index < -0.39 is 11.8 Å². The predicted octanol–water partition coefficient (Wildman–Crippen LogP) is 4.73. The molecule has 7 heteroatoms. The minimum Gasteiger partial charge on any atom is -0.497 e. The van der Waals surface area contributed by atoms with Gasteiger partial charge in [-0.1, -0.05) is 24.3 Å². The van der Waals surface area contributed by atoms with Gasteiger partial charge in [0.25, 0.3) is 11.8 Å². The number of hydrogen-bond donors (Lipinski definition) is 1. The van der Waals surface area contributed by atoms with Gasteiger partial charge >= 0.3 is 0 Å². The fourth-order valence-electron chi connectivity index (χ4n) is 3.90. The molecule has 34 heavy (non-hydrogen) atoms. The SMILES string of the molecule is COc1ccc(C2=C(Nc3cc(OC)ccc3OC)C(=O)N(c3cc(C)ccc3C)C2=O)cc1. The minimum atomic E-state index is -0.450. The van der Waals surface area contributed by atoms with Crippen LogP contribution >= 0.6 is 0 Å². The molecule has 0 unspecified atom stereocenters. The molecular weight excluding hydrogens is 432 g/mol. The first-order valence-electron chi connectivity index (χ1n) is 10.7. The van der Waals surface area contributed by atoms with Gasteiger partial charge in [-0.25, -0.2) is 4.90 Å². The third kappa shape index (κ3) is 4.08. The lowest BCUT2D eigenvalue weighted by Gasteiger charge is -2.19. The molecule has 0 saturated heterocycles. The number of benzene rings is 3. The quantitative estimate of drug-likeness (QED) is 0.516. The summed E-state index contributed by atoms with van der Waals surface area (Å²) in [6.07, 6.45) is 0. The predicted molar refractivity (Wildman–Crippen MR) is 131 cm³/mol. The molecule has 3 aromatic carbocycles. The number of hydrogen-bond acceptors (Lipinski definition) is 6. The molecule has 1 aliphatic rings. The summed E-state index contributed by atoms with van der Waals surface area (Å²) in [4.78, 5) is 28.7. The maximum absolute atomic E-state index is 13.7. The van der Waals surface area contributed by atoms with E-state index in [-0.39, 0.29) is 11.3 Å². The van der Waals surface area contributed by atoms with Crippen molar-refractivity contribution in [3.63, 3.8) is 0 Å². The summed E-state index contributed by atoms with van der Waals surface area (Å²) < 4.78 is 16.1. The van der Waals surface area contributed by atoms with Gasteiger partial charge in [0.15, 0.2) is 0 Å². The van der Waals surface area contributed by atoms with Crippen LogP contribution in [0.5, 0.6) is 17.2 Å². The Kier molecular flexibility index (Phi) is 6.27. The Morgan fingerprint density at radius 2 is 1.41 bits per heavy atom. The molecule has 3 aromatic rings. The molecular formula is C27H26N2O5. The van der Waals surface area contributed by atoms with E-state index in [2.05, 4.69) is 5.32 Å². The van der Waals surface area contributed by atoms with Gasteiger partial charge in [0.2, 0.25) is 0 Å². The molecule has 0 aromatic heterocycles. The van der Waals surface area contributed by atoms with Gasteiger partial charge in [-0.3, -0.25) is 9.59 Å². The number of imide groups is 1. The molecule has 0 fully saturated rings. The number of carbonyl (C=O) groups excluding carboxylic acids is 2. The monoisotopic (exact) mass is 458 g/mol. The fraction of sp³-hybridized carbons (Fsp3) is 0.185. The summed E-state index contributed by atoms with van der Waals surface area (Å²) in [5.74, 6) is 0.880. The lowest BCUT2D eigenvalue weighted by molar-refractivity contribution is -0.120. The molecule has 174 valence electrons. The number of anilines is 2. The summed E-state index contributed by atoms with van der Waals surface area (Å²) in [5.41, 5.74) is 3.84. The van der Waals surface area contributed by atoms with E-state index in [0.29, 0.717) is 34.2 Å². The zero-order chi connectivity index (χ0) is 24.4. The van der Waals surface area contributed by atoms with E-state index in [1.165, 1.54) is 12.0 Å². The topological polar surface area (TPSA) is 77.1 Å². The van der Waals surface area contributed by atoms with E-state index in [1.54, 1.807) is 56.7 Å². The lowest BCUT2D eigenvalue weighted by Crippen LogP contribution is -2.33. The summed E-state index contributed by atoms with van der Waals surface area (Å²) in [6, 6.07) is 17.9. The molecule has 0 aliphatic carbocycles. The highest BCUT2D eigenvalue weighted by atomic mass is 16.5. The summed E-state index contributed by atoms with van der Waals surface area (Å²) in [6.45, 7) is 3.80. The molecule has 0 radical (unpaired) electrons. The Morgan fingerprint density at radius 1 is 0.735 bits per heavy atom. The Bertz CT molecular complexity index is 1290. The first-order chi connectivity index (χ1) is 16.4. The number of ether oxygens (including phenoxy) is 3. The molecule has 1 heterocycles. The molecule has 2 amide bonds. The summed E-state index contributed by atoms with van der Waals surface area (Å²) in [5, 5.41) is 3.16. The van der Waals surface area contributed by atoms with Crippen molar-refractivity contribution >= 4 is 28.8 Å². The first-order valence-corrected chi connectivity index (χ1v) is 10.7. The lowest BCUT2D eigenvalue weighted by atomic mass is 10.0. The molecule has 0 atom stereocenters. The Hall–Kier alpha value is -4.26. The van der Waals surface area contributed by atoms with Gasteiger partial charge in [0.05, 0.1) is 38.3 Å². The third-order valence-corrected chi connectivity index (χ3v) is 5.73. The zero-order valence-corrected chi connectivity index (χ0v) is 19.8. The van der Waals surface area contributed by atoms with E-state index in [9.17, 15) is 9.59 Å². The minimum absolute atomic E-state index is 0.155. The summed E-state index contributed by atoms with van der Waals surface area (Å²) >= 11 is 0. The largest absolute Gasteiger partial charge is 0.497 e. The molecule has 7 nitrogen and oxygen atoms in total. The molecule has 1 N–H and O–H groups in total. The van der Waals surface area contributed by atoms with Crippen LogP contribution in [-0.4, -0.2) is 33.1 Å². The summed E-state index contributed by atoms with van der Waals surface area (Å²) in [7, 11) is 4.67. The highest BCUT2D eigenvalue weighted by Gasteiger charge is 2.41. The van der Waals surface area contributed by atoms with Crippen LogP contribution in [0.25, 0.3) is 5.57 Å². The number of nitrogens with one attached hydrogen (secondary N) is 1. The molecule has 0 bridgehead atoms. The maximum Gasteiger partial charge on any atom is 0.282 e. The number of nitrogens with zero attached hydrogens (tertiary/aromatic N) is 1. The van der Waals surface area contributed by atoms with Crippen LogP contribution in [0.2, 0.25) is 0 Å². The molecule has 0 spiro atoms. The molecule has 4 rings (SSSR count). The standard InChI is InChI=1S/C27H26N2O5/c1-16-6-7-17(2)22(14-16)29-26(30)24(18-8-10-19(32-3)11-9-18)25(27(29)31)28-21-15-20(33-4)12-13-23(21)34-5/h6-15,28H,1-5H3. The number of methoxy groups -OCH3 is 3. The van der Waals surface area contributed by atoms with Crippen LogP contribution in [0.1, 0.15) is 16.7 Å². The van der Waals surface area contributed by atoms with Crippen LogP contribution in [-0.2, 0) is 9.59 Å². The second kappa shape index (κ2) is 9.31. The number of rotatable bonds is 7. The average Bonchev–Trinajstić information content (AvgIpc) is 3.09. The van der Waals surface area contributed by atoms with Gasteiger partial charge in [-0.2, -0.15) is 0 Å².